The van der Waals surface area contributed by atoms with Gasteiger partial charge in [-0.05, 0) is 36.2 Å². The number of sulfonamides is 1. The van der Waals surface area contributed by atoms with E-state index in [2.05, 4.69) is 20.7 Å². The Balaban J connectivity index is 2.04. The van der Waals surface area contributed by atoms with E-state index < -0.39 is 21.0 Å². The van der Waals surface area contributed by atoms with Crippen molar-refractivity contribution in [3.63, 3.8) is 0 Å². The lowest BCUT2D eigenvalue weighted by Crippen LogP contribution is -2.29. The first kappa shape index (κ1) is 20.2. The lowest BCUT2D eigenvalue weighted by Gasteiger charge is -2.20. The molecule has 144 valence electrons. The van der Waals surface area contributed by atoms with Crippen molar-refractivity contribution in [3.8, 4) is 0 Å². The highest BCUT2D eigenvalue weighted by Gasteiger charge is 2.25. The van der Waals surface area contributed by atoms with Gasteiger partial charge in [-0.25, -0.2) is 8.42 Å². The molecule has 3 aromatic rings. The summed E-state index contributed by atoms with van der Waals surface area (Å²) < 4.78 is 29.6. The standard InChI is InChI=1S/C20H17BrN2O4S/c1-14-7-12-18(13-19(14)23(24)25)28(26,27)22-20(15-5-3-2-4-6-15)16-8-10-17(21)11-9-16/h2-13,20,22H,1H3/t20-/m0/s1. The van der Waals surface area contributed by atoms with Gasteiger partial charge in [-0.1, -0.05) is 64.5 Å². The van der Waals surface area contributed by atoms with Gasteiger partial charge < -0.3 is 0 Å². The molecule has 8 heteroatoms. The summed E-state index contributed by atoms with van der Waals surface area (Å²) in [6, 6.07) is 19.7. The third kappa shape index (κ3) is 4.46. The fourth-order valence-corrected chi connectivity index (χ4v) is 4.30. The highest BCUT2D eigenvalue weighted by atomic mass is 79.9. The SMILES string of the molecule is Cc1ccc(S(=O)(=O)N[C@@H](c2ccccc2)c2ccc(Br)cc2)cc1[N+](=O)[O-]. The zero-order chi connectivity index (χ0) is 20.3. The molecule has 6 nitrogen and oxygen atoms in total. The Morgan fingerprint density at radius 3 is 2.18 bits per heavy atom. The van der Waals surface area contributed by atoms with Crippen molar-refractivity contribution in [1.29, 1.82) is 0 Å². The summed E-state index contributed by atoms with van der Waals surface area (Å²) in [7, 11) is -4.00. The monoisotopic (exact) mass is 460 g/mol. The van der Waals surface area contributed by atoms with Gasteiger partial charge in [0.25, 0.3) is 5.69 Å². The molecular weight excluding hydrogens is 444 g/mol. The van der Waals surface area contributed by atoms with Crippen molar-refractivity contribution in [2.45, 2.75) is 17.9 Å². The minimum atomic E-state index is -4.00. The van der Waals surface area contributed by atoms with Gasteiger partial charge in [-0.2, -0.15) is 4.72 Å². The van der Waals surface area contributed by atoms with E-state index >= 15 is 0 Å². The maximum atomic E-state index is 13.0. The van der Waals surface area contributed by atoms with Crippen LogP contribution in [0.15, 0.2) is 82.2 Å². The van der Waals surface area contributed by atoms with Gasteiger partial charge in [0.15, 0.2) is 0 Å². The quantitative estimate of drug-likeness (QED) is 0.425. The number of benzene rings is 3. The predicted octanol–water partition coefficient (Wildman–Crippen LogP) is 4.73. The van der Waals surface area contributed by atoms with E-state index in [9.17, 15) is 18.5 Å². The van der Waals surface area contributed by atoms with Gasteiger partial charge >= 0.3 is 0 Å². The van der Waals surface area contributed by atoms with E-state index in [4.69, 9.17) is 0 Å². The van der Waals surface area contributed by atoms with E-state index in [1.807, 2.05) is 54.6 Å². The second-order valence-corrected chi connectivity index (χ2v) is 8.85. The molecule has 3 rings (SSSR count). The number of hydrogen-bond donors (Lipinski definition) is 1. The first-order chi connectivity index (χ1) is 13.3. The second-order valence-electron chi connectivity index (χ2n) is 6.22. The van der Waals surface area contributed by atoms with Crippen molar-refractivity contribution in [3.05, 3.63) is 104 Å². The van der Waals surface area contributed by atoms with Gasteiger partial charge in [-0.15, -0.1) is 0 Å². The summed E-state index contributed by atoms with van der Waals surface area (Å²) in [5, 5.41) is 11.2. The van der Waals surface area contributed by atoms with Crippen molar-refractivity contribution in [2.75, 3.05) is 0 Å². The predicted molar refractivity (Wildman–Crippen MR) is 111 cm³/mol. The molecule has 0 spiro atoms. The zero-order valence-electron chi connectivity index (χ0n) is 14.9. The van der Waals surface area contributed by atoms with Crippen LogP contribution in [0, 0.1) is 17.0 Å². The molecule has 3 aromatic carbocycles. The van der Waals surface area contributed by atoms with E-state index in [0.717, 1.165) is 21.7 Å². The van der Waals surface area contributed by atoms with Crippen molar-refractivity contribution >= 4 is 31.6 Å². The minimum Gasteiger partial charge on any atom is -0.258 e. The van der Waals surface area contributed by atoms with Crippen LogP contribution >= 0.6 is 15.9 Å². The van der Waals surface area contributed by atoms with Crippen molar-refractivity contribution < 1.29 is 13.3 Å². The lowest BCUT2D eigenvalue weighted by atomic mass is 10.00. The van der Waals surface area contributed by atoms with Crippen molar-refractivity contribution in [2.24, 2.45) is 0 Å². The normalized spacial score (nSPS) is 12.5. The Morgan fingerprint density at radius 2 is 1.57 bits per heavy atom. The number of nitrogens with zero attached hydrogens (tertiary/aromatic N) is 1. The Morgan fingerprint density at radius 1 is 0.964 bits per heavy atom. The summed E-state index contributed by atoms with van der Waals surface area (Å²) in [6.45, 7) is 1.57. The highest BCUT2D eigenvalue weighted by molar-refractivity contribution is 9.10. The maximum absolute atomic E-state index is 13.0. The summed E-state index contributed by atoms with van der Waals surface area (Å²) in [5.41, 5.74) is 1.67. The molecule has 0 aliphatic carbocycles. The molecular formula is C20H17BrN2O4S. The van der Waals surface area contributed by atoms with Crippen LogP contribution in [0.2, 0.25) is 0 Å². The fourth-order valence-electron chi connectivity index (χ4n) is 2.81. The molecule has 0 saturated carbocycles. The van der Waals surface area contributed by atoms with E-state index in [-0.39, 0.29) is 10.6 Å². The topological polar surface area (TPSA) is 89.3 Å². The lowest BCUT2D eigenvalue weighted by molar-refractivity contribution is -0.385. The van der Waals surface area contributed by atoms with Crippen LogP contribution in [-0.4, -0.2) is 13.3 Å². The number of nitro benzene ring substituents is 1. The van der Waals surface area contributed by atoms with Crippen LogP contribution in [0.5, 0.6) is 0 Å². The molecule has 0 aliphatic heterocycles. The Bertz CT molecular complexity index is 1100. The van der Waals surface area contributed by atoms with Crippen LogP contribution in [0.25, 0.3) is 0 Å². The number of hydrogen-bond acceptors (Lipinski definition) is 4. The number of halogens is 1. The Kier molecular flexibility index (Phi) is 5.93. The molecule has 1 atom stereocenters. The fraction of sp³-hybridized carbons (Fsp3) is 0.100. The zero-order valence-corrected chi connectivity index (χ0v) is 17.3. The van der Waals surface area contributed by atoms with Gasteiger partial charge in [0.1, 0.15) is 0 Å². The average molecular weight is 461 g/mol. The second kappa shape index (κ2) is 8.22. The molecule has 28 heavy (non-hydrogen) atoms. The summed E-state index contributed by atoms with van der Waals surface area (Å²) in [5.74, 6) is 0. The van der Waals surface area contributed by atoms with Gasteiger partial charge in [0.05, 0.1) is 15.9 Å². The molecule has 0 radical (unpaired) electrons. The molecule has 0 bridgehead atoms. The summed E-state index contributed by atoms with van der Waals surface area (Å²) >= 11 is 3.37. The molecule has 0 fully saturated rings. The van der Waals surface area contributed by atoms with Gasteiger partial charge in [0.2, 0.25) is 10.0 Å². The Hall–Kier alpha value is -2.55. The third-order valence-corrected chi connectivity index (χ3v) is 6.25. The number of nitro groups is 1. The maximum Gasteiger partial charge on any atom is 0.273 e. The minimum absolute atomic E-state index is 0.150. The van der Waals surface area contributed by atoms with E-state index in [1.165, 1.54) is 12.1 Å². The third-order valence-electron chi connectivity index (χ3n) is 4.30. The Labute approximate surface area is 171 Å². The van der Waals surface area contributed by atoms with Crippen LogP contribution in [0.4, 0.5) is 5.69 Å². The smallest absolute Gasteiger partial charge is 0.258 e. The van der Waals surface area contributed by atoms with Crippen molar-refractivity contribution in [1.82, 2.24) is 4.72 Å². The molecule has 1 N–H and O–H groups in total. The first-order valence-electron chi connectivity index (χ1n) is 8.36. The number of aryl methyl sites for hydroxylation is 1. The van der Waals surface area contributed by atoms with E-state index in [0.29, 0.717) is 5.56 Å². The molecule has 0 aliphatic rings. The van der Waals surface area contributed by atoms with Crippen LogP contribution in [0.3, 0.4) is 0 Å². The first-order valence-corrected chi connectivity index (χ1v) is 10.6. The summed E-state index contributed by atoms with van der Waals surface area (Å²) in [6.07, 6.45) is 0. The molecule has 0 heterocycles. The molecule has 0 aromatic heterocycles. The number of rotatable bonds is 6. The molecule has 0 unspecified atom stereocenters. The number of nitrogens with one attached hydrogen (secondary N) is 1. The average Bonchev–Trinajstić information content (AvgIpc) is 2.67. The van der Waals surface area contributed by atoms with Crippen LogP contribution in [-0.2, 0) is 10.0 Å². The largest absolute Gasteiger partial charge is 0.273 e. The molecule has 0 amide bonds. The highest BCUT2D eigenvalue weighted by Crippen LogP contribution is 2.28. The van der Waals surface area contributed by atoms with Gasteiger partial charge in [0, 0.05) is 16.1 Å². The summed E-state index contributed by atoms with van der Waals surface area (Å²) in [4.78, 5) is 10.4. The van der Waals surface area contributed by atoms with Crippen LogP contribution < -0.4 is 4.72 Å². The van der Waals surface area contributed by atoms with E-state index in [1.54, 1.807) is 6.92 Å². The molecule has 0 saturated heterocycles. The van der Waals surface area contributed by atoms with Crippen LogP contribution in [0.1, 0.15) is 22.7 Å². The van der Waals surface area contributed by atoms with Gasteiger partial charge in [-0.3, -0.25) is 10.1 Å².